The summed E-state index contributed by atoms with van der Waals surface area (Å²) in [7, 11) is 0. The van der Waals surface area contributed by atoms with E-state index in [1.165, 1.54) is 12.1 Å². The van der Waals surface area contributed by atoms with Crippen LogP contribution >= 0.6 is 0 Å². The summed E-state index contributed by atoms with van der Waals surface area (Å²) in [5.41, 5.74) is 2.90. The van der Waals surface area contributed by atoms with Crippen LogP contribution in [0.3, 0.4) is 0 Å². The summed E-state index contributed by atoms with van der Waals surface area (Å²) in [6.45, 7) is 0. The summed E-state index contributed by atoms with van der Waals surface area (Å²) in [6, 6.07) is 7.33. The van der Waals surface area contributed by atoms with Gasteiger partial charge in [0.2, 0.25) is 0 Å². The van der Waals surface area contributed by atoms with E-state index in [4.69, 9.17) is 5.73 Å². The number of rotatable bonds is 2. The van der Waals surface area contributed by atoms with Crippen LogP contribution in [0.15, 0.2) is 42.5 Å². The van der Waals surface area contributed by atoms with Crippen LogP contribution in [0.1, 0.15) is 11.1 Å². The average molecular weight is 320 g/mol. The molecule has 0 aliphatic carbocycles. The van der Waals surface area contributed by atoms with Crippen molar-refractivity contribution in [2.45, 2.75) is 12.4 Å². The van der Waals surface area contributed by atoms with Gasteiger partial charge in [-0.25, -0.2) is 0 Å². The van der Waals surface area contributed by atoms with Crippen molar-refractivity contribution < 1.29 is 26.3 Å². The molecule has 0 atom stereocenters. The smallest absolute Gasteiger partial charge is 0.397 e. The number of hydrogen-bond acceptors (Lipinski definition) is 2. The van der Waals surface area contributed by atoms with E-state index in [-0.39, 0.29) is 23.1 Å². The van der Waals surface area contributed by atoms with Gasteiger partial charge in [-0.05, 0) is 30.3 Å². The predicted molar refractivity (Wildman–Crippen MR) is 70.6 cm³/mol. The topological polar surface area (TPSA) is 38.0 Å². The molecule has 0 saturated heterocycles. The molecule has 2 rings (SSSR count). The minimum atomic E-state index is -4.89. The highest BCUT2D eigenvalue weighted by Crippen LogP contribution is 2.38. The number of para-hydroxylation sites is 2. The van der Waals surface area contributed by atoms with Crippen molar-refractivity contribution in [3.8, 4) is 0 Å². The molecule has 118 valence electrons. The van der Waals surface area contributed by atoms with Crippen LogP contribution in [0.25, 0.3) is 0 Å². The first-order valence-electron chi connectivity index (χ1n) is 5.98. The second kappa shape index (κ2) is 5.43. The van der Waals surface area contributed by atoms with Gasteiger partial charge in [-0.3, -0.25) is 0 Å². The van der Waals surface area contributed by atoms with Gasteiger partial charge < -0.3 is 11.1 Å². The summed E-state index contributed by atoms with van der Waals surface area (Å²) in [4.78, 5) is 0. The highest BCUT2D eigenvalue weighted by Gasteiger charge is 2.36. The number of anilines is 3. The zero-order valence-corrected chi connectivity index (χ0v) is 10.9. The van der Waals surface area contributed by atoms with E-state index in [9.17, 15) is 26.3 Å². The number of benzene rings is 2. The fourth-order valence-corrected chi connectivity index (χ4v) is 1.79. The van der Waals surface area contributed by atoms with Crippen LogP contribution in [-0.4, -0.2) is 0 Å². The van der Waals surface area contributed by atoms with Crippen molar-refractivity contribution in [2.75, 3.05) is 11.1 Å². The molecule has 0 saturated carbocycles. The third-order valence-electron chi connectivity index (χ3n) is 2.83. The van der Waals surface area contributed by atoms with Gasteiger partial charge in [0.1, 0.15) is 0 Å². The largest absolute Gasteiger partial charge is 0.416 e. The molecule has 0 radical (unpaired) electrons. The van der Waals surface area contributed by atoms with E-state index in [1.807, 2.05) is 0 Å². The maximum absolute atomic E-state index is 12.7. The maximum Gasteiger partial charge on any atom is 0.416 e. The normalized spacial score (nSPS) is 12.3. The maximum atomic E-state index is 12.7. The molecule has 0 bridgehead atoms. The monoisotopic (exact) mass is 320 g/mol. The Balaban J connectivity index is 2.49. The Morgan fingerprint density at radius 2 is 1.27 bits per heavy atom. The quantitative estimate of drug-likeness (QED) is 0.600. The third kappa shape index (κ3) is 3.63. The van der Waals surface area contributed by atoms with Crippen LogP contribution in [0.2, 0.25) is 0 Å². The molecule has 0 heterocycles. The summed E-state index contributed by atoms with van der Waals surface area (Å²) in [5.74, 6) is 0. The molecule has 8 heteroatoms. The zero-order chi connectivity index (χ0) is 16.5. The van der Waals surface area contributed by atoms with E-state index >= 15 is 0 Å². The second-order valence-electron chi connectivity index (χ2n) is 4.51. The molecule has 0 aromatic heterocycles. The summed E-state index contributed by atoms with van der Waals surface area (Å²) in [6.07, 6.45) is -9.78. The fraction of sp³-hybridized carbons (Fsp3) is 0.143. The van der Waals surface area contributed by atoms with E-state index in [0.29, 0.717) is 12.1 Å². The highest BCUT2D eigenvalue weighted by molar-refractivity contribution is 5.73. The van der Waals surface area contributed by atoms with E-state index in [2.05, 4.69) is 5.32 Å². The van der Waals surface area contributed by atoms with Gasteiger partial charge in [-0.1, -0.05) is 12.1 Å². The van der Waals surface area contributed by atoms with Crippen LogP contribution in [0, 0.1) is 0 Å². The molecule has 0 amide bonds. The minimum Gasteiger partial charge on any atom is -0.397 e. The Morgan fingerprint density at radius 1 is 0.773 bits per heavy atom. The number of hydrogen-bond donors (Lipinski definition) is 2. The Hall–Kier alpha value is -2.38. The lowest BCUT2D eigenvalue weighted by atomic mass is 10.1. The fourth-order valence-electron chi connectivity index (χ4n) is 1.79. The number of nitrogen functional groups attached to an aromatic ring is 1. The van der Waals surface area contributed by atoms with Gasteiger partial charge in [0.05, 0.1) is 22.5 Å². The predicted octanol–water partition coefficient (Wildman–Crippen LogP) is 5.05. The minimum absolute atomic E-state index is 0.0690. The van der Waals surface area contributed by atoms with Gasteiger partial charge in [0.25, 0.3) is 0 Å². The lowest BCUT2D eigenvalue weighted by Gasteiger charge is -2.16. The Bertz CT molecular complexity index is 644. The molecule has 0 aliphatic heterocycles. The molecule has 0 unspecified atom stereocenters. The Morgan fingerprint density at radius 3 is 1.73 bits per heavy atom. The van der Waals surface area contributed by atoms with Crippen LogP contribution in [0.5, 0.6) is 0 Å². The molecule has 3 N–H and O–H groups in total. The molecule has 2 nitrogen and oxygen atoms in total. The first-order chi connectivity index (χ1) is 10.1. The van der Waals surface area contributed by atoms with Gasteiger partial charge >= 0.3 is 12.4 Å². The van der Waals surface area contributed by atoms with Crippen LogP contribution < -0.4 is 11.1 Å². The van der Waals surface area contributed by atoms with Crippen molar-refractivity contribution >= 4 is 17.1 Å². The molecule has 2 aromatic rings. The molecule has 0 spiro atoms. The first kappa shape index (κ1) is 16.0. The van der Waals surface area contributed by atoms with Crippen molar-refractivity contribution in [3.63, 3.8) is 0 Å². The van der Waals surface area contributed by atoms with Crippen molar-refractivity contribution in [1.29, 1.82) is 0 Å². The molecule has 2 aromatic carbocycles. The number of alkyl halides is 6. The number of nitrogens with two attached hydrogens (primary N) is 1. The molecule has 0 fully saturated rings. The van der Waals surface area contributed by atoms with Gasteiger partial charge in [0.15, 0.2) is 0 Å². The van der Waals surface area contributed by atoms with Crippen LogP contribution in [-0.2, 0) is 12.4 Å². The summed E-state index contributed by atoms with van der Waals surface area (Å²) < 4.78 is 76.4. The highest BCUT2D eigenvalue weighted by atomic mass is 19.4. The first-order valence-corrected chi connectivity index (χ1v) is 5.98. The average Bonchev–Trinajstić information content (AvgIpc) is 2.39. The van der Waals surface area contributed by atoms with Gasteiger partial charge in [0, 0.05) is 5.69 Å². The van der Waals surface area contributed by atoms with E-state index in [0.717, 1.165) is 0 Å². The number of halogens is 6. The third-order valence-corrected chi connectivity index (χ3v) is 2.83. The SMILES string of the molecule is Nc1ccccc1Nc1cc(C(F)(F)F)cc(C(F)(F)F)c1. The molecule has 0 aliphatic rings. The summed E-state index contributed by atoms with van der Waals surface area (Å²) >= 11 is 0. The second-order valence-corrected chi connectivity index (χ2v) is 4.51. The standard InChI is InChI=1S/C14H10F6N2/c15-13(16,17)8-5-9(14(18,19)20)7-10(6-8)22-12-4-2-1-3-11(12)21/h1-7,22H,21H2. The lowest BCUT2D eigenvalue weighted by Crippen LogP contribution is -2.11. The van der Waals surface area contributed by atoms with Gasteiger partial charge in [-0.15, -0.1) is 0 Å². The Labute approximate surface area is 121 Å². The van der Waals surface area contributed by atoms with E-state index < -0.39 is 23.5 Å². The van der Waals surface area contributed by atoms with Crippen LogP contribution in [0.4, 0.5) is 43.4 Å². The molecular weight excluding hydrogens is 310 g/mol. The summed E-state index contributed by atoms with van der Waals surface area (Å²) in [5, 5.41) is 2.47. The zero-order valence-electron chi connectivity index (χ0n) is 10.9. The Kier molecular flexibility index (Phi) is 3.95. The van der Waals surface area contributed by atoms with E-state index in [1.54, 1.807) is 12.1 Å². The van der Waals surface area contributed by atoms with Gasteiger partial charge in [-0.2, -0.15) is 26.3 Å². The van der Waals surface area contributed by atoms with Crippen molar-refractivity contribution in [1.82, 2.24) is 0 Å². The number of nitrogens with one attached hydrogen (secondary N) is 1. The van der Waals surface area contributed by atoms with Crippen molar-refractivity contribution in [3.05, 3.63) is 53.6 Å². The van der Waals surface area contributed by atoms with Crippen molar-refractivity contribution in [2.24, 2.45) is 0 Å². The lowest BCUT2D eigenvalue weighted by molar-refractivity contribution is -0.143. The molecular formula is C14H10F6N2. The molecule has 22 heavy (non-hydrogen) atoms.